The quantitative estimate of drug-likeness (QED) is 0.799. The van der Waals surface area contributed by atoms with Gasteiger partial charge in [0.2, 0.25) is 0 Å². The summed E-state index contributed by atoms with van der Waals surface area (Å²) in [6, 6.07) is 0.603. The fourth-order valence-electron chi connectivity index (χ4n) is 2.99. The Morgan fingerprint density at radius 1 is 1.35 bits per heavy atom. The van der Waals surface area contributed by atoms with Crippen molar-refractivity contribution in [2.75, 3.05) is 31.3 Å². The molecule has 0 amide bonds. The van der Waals surface area contributed by atoms with Crippen LogP contribution in [0.2, 0.25) is 0 Å². The van der Waals surface area contributed by atoms with Crippen LogP contribution in [-0.4, -0.2) is 48.0 Å². The van der Waals surface area contributed by atoms with E-state index in [0.29, 0.717) is 12.6 Å². The molecule has 2 N–H and O–H groups in total. The number of aliphatic hydroxyl groups excluding tert-OH is 1. The Hall–Kier alpha value is 0.230. The summed E-state index contributed by atoms with van der Waals surface area (Å²) in [6.07, 6.45) is 5.91. The van der Waals surface area contributed by atoms with Gasteiger partial charge in [-0.25, -0.2) is 0 Å². The highest BCUT2D eigenvalue weighted by atomic mass is 32.2. The lowest BCUT2D eigenvalue weighted by atomic mass is 9.89. The maximum Gasteiger partial charge on any atom is 0.0795 e. The number of ether oxygens (including phenoxy) is 1. The van der Waals surface area contributed by atoms with Gasteiger partial charge < -0.3 is 15.2 Å². The van der Waals surface area contributed by atoms with Crippen LogP contribution in [0.4, 0.5) is 0 Å². The summed E-state index contributed by atoms with van der Waals surface area (Å²) in [6.45, 7) is 2.26. The maximum atomic E-state index is 9.32. The molecule has 0 aromatic carbocycles. The molecular formula is C13H23NO2S. The highest BCUT2D eigenvalue weighted by Crippen LogP contribution is 2.45. The first-order valence-corrected chi connectivity index (χ1v) is 7.97. The van der Waals surface area contributed by atoms with Gasteiger partial charge in [-0.3, -0.25) is 0 Å². The average molecular weight is 257 g/mol. The third kappa shape index (κ3) is 2.65. The molecule has 3 aliphatic rings. The van der Waals surface area contributed by atoms with Crippen molar-refractivity contribution >= 4 is 11.8 Å². The summed E-state index contributed by atoms with van der Waals surface area (Å²) in [4.78, 5) is 0. The van der Waals surface area contributed by atoms with E-state index < -0.39 is 0 Å². The summed E-state index contributed by atoms with van der Waals surface area (Å²) < 4.78 is 6.02. The summed E-state index contributed by atoms with van der Waals surface area (Å²) in [7, 11) is 0. The molecule has 2 heterocycles. The lowest BCUT2D eigenvalue weighted by molar-refractivity contribution is -0.0707. The molecule has 2 aliphatic heterocycles. The van der Waals surface area contributed by atoms with Gasteiger partial charge in [-0.05, 0) is 37.9 Å². The molecule has 3 nitrogen and oxygen atoms in total. The van der Waals surface area contributed by atoms with Crippen LogP contribution in [0.1, 0.15) is 32.1 Å². The zero-order chi connectivity index (χ0) is 11.8. The van der Waals surface area contributed by atoms with E-state index in [0.717, 1.165) is 19.6 Å². The predicted molar refractivity (Wildman–Crippen MR) is 70.4 cm³/mol. The lowest BCUT2D eigenvalue weighted by Gasteiger charge is -2.38. The van der Waals surface area contributed by atoms with Crippen LogP contribution >= 0.6 is 11.8 Å². The van der Waals surface area contributed by atoms with E-state index in [4.69, 9.17) is 4.74 Å². The Labute approximate surface area is 108 Å². The molecule has 3 rings (SSSR count). The number of aliphatic hydroxyl groups is 1. The van der Waals surface area contributed by atoms with Crippen molar-refractivity contribution in [3.8, 4) is 0 Å². The molecule has 0 bridgehead atoms. The molecule has 1 spiro atoms. The Morgan fingerprint density at radius 3 is 2.88 bits per heavy atom. The molecule has 3 fully saturated rings. The molecule has 2 atom stereocenters. The minimum atomic E-state index is 0.177. The minimum Gasteiger partial charge on any atom is -0.396 e. The van der Waals surface area contributed by atoms with Crippen molar-refractivity contribution in [1.82, 2.24) is 5.32 Å². The van der Waals surface area contributed by atoms with E-state index in [1.165, 1.54) is 37.2 Å². The van der Waals surface area contributed by atoms with Crippen molar-refractivity contribution in [2.24, 2.45) is 5.41 Å². The molecule has 0 radical (unpaired) electrons. The van der Waals surface area contributed by atoms with E-state index in [9.17, 15) is 5.11 Å². The normalized spacial score (nSPS) is 39.7. The fraction of sp³-hybridized carbons (Fsp3) is 1.00. The number of thioether (sulfide) groups is 1. The van der Waals surface area contributed by atoms with Gasteiger partial charge in [0, 0.05) is 37.0 Å². The molecule has 17 heavy (non-hydrogen) atoms. The largest absolute Gasteiger partial charge is 0.396 e. The number of nitrogens with one attached hydrogen (secondary N) is 1. The molecule has 2 saturated heterocycles. The van der Waals surface area contributed by atoms with Crippen LogP contribution in [0.25, 0.3) is 0 Å². The van der Waals surface area contributed by atoms with Gasteiger partial charge in [0.15, 0.2) is 0 Å². The average Bonchev–Trinajstić information content (AvgIpc) is 3.03. The van der Waals surface area contributed by atoms with E-state index >= 15 is 0 Å². The zero-order valence-electron chi connectivity index (χ0n) is 10.4. The second kappa shape index (κ2) is 4.72. The van der Waals surface area contributed by atoms with Crippen LogP contribution in [0.5, 0.6) is 0 Å². The van der Waals surface area contributed by atoms with E-state index in [1.807, 2.05) is 11.8 Å². The maximum absolute atomic E-state index is 9.32. The minimum absolute atomic E-state index is 0.177. The lowest BCUT2D eigenvalue weighted by Crippen LogP contribution is -2.48. The Balaban J connectivity index is 1.50. The summed E-state index contributed by atoms with van der Waals surface area (Å²) >= 11 is 2.03. The predicted octanol–water partition coefficient (Wildman–Crippen LogP) is 1.40. The van der Waals surface area contributed by atoms with Crippen molar-refractivity contribution in [1.29, 1.82) is 0 Å². The van der Waals surface area contributed by atoms with Gasteiger partial charge >= 0.3 is 0 Å². The second-order valence-electron chi connectivity index (χ2n) is 6.06. The molecule has 2 unspecified atom stereocenters. The number of hydrogen-bond acceptors (Lipinski definition) is 4. The highest BCUT2D eigenvalue weighted by molar-refractivity contribution is 7.99. The number of hydrogen-bond donors (Lipinski definition) is 2. The summed E-state index contributed by atoms with van der Waals surface area (Å²) in [5.41, 5.74) is 0.409. The molecule has 1 aliphatic carbocycles. The SMILES string of the molecule is OCC1(CNC2CCOC3(CCSC3)C2)CC1. The number of rotatable bonds is 4. The van der Waals surface area contributed by atoms with Crippen LogP contribution in [0.3, 0.4) is 0 Å². The first kappa shape index (κ1) is 12.3. The van der Waals surface area contributed by atoms with Gasteiger partial charge in [0.1, 0.15) is 0 Å². The molecule has 0 aromatic heterocycles. The molecule has 4 heteroatoms. The van der Waals surface area contributed by atoms with Crippen LogP contribution in [-0.2, 0) is 4.74 Å². The van der Waals surface area contributed by atoms with E-state index in [2.05, 4.69) is 5.32 Å². The van der Waals surface area contributed by atoms with Crippen LogP contribution < -0.4 is 5.32 Å². The molecule has 0 aromatic rings. The topological polar surface area (TPSA) is 41.5 Å². The van der Waals surface area contributed by atoms with Crippen molar-refractivity contribution in [2.45, 2.75) is 43.7 Å². The highest BCUT2D eigenvalue weighted by Gasteiger charge is 2.44. The first-order chi connectivity index (χ1) is 8.26. The Kier molecular flexibility index (Phi) is 3.41. The zero-order valence-corrected chi connectivity index (χ0v) is 11.2. The first-order valence-electron chi connectivity index (χ1n) is 6.82. The molecule has 98 valence electrons. The monoisotopic (exact) mass is 257 g/mol. The van der Waals surface area contributed by atoms with Crippen LogP contribution in [0.15, 0.2) is 0 Å². The third-order valence-electron chi connectivity index (χ3n) is 4.62. The van der Waals surface area contributed by atoms with Crippen molar-refractivity contribution in [3.63, 3.8) is 0 Å². The molecular weight excluding hydrogens is 234 g/mol. The van der Waals surface area contributed by atoms with Gasteiger partial charge in [-0.2, -0.15) is 11.8 Å². The van der Waals surface area contributed by atoms with Crippen LogP contribution in [0, 0.1) is 5.41 Å². The smallest absolute Gasteiger partial charge is 0.0795 e. The standard InChI is InChI=1S/C13H23NO2S/c15-9-12(2-3-12)8-14-11-1-5-16-13(7-11)4-6-17-10-13/h11,14-15H,1-10H2. The van der Waals surface area contributed by atoms with E-state index in [-0.39, 0.29) is 11.0 Å². The second-order valence-corrected chi connectivity index (χ2v) is 7.17. The van der Waals surface area contributed by atoms with Crippen molar-refractivity contribution in [3.05, 3.63) is 0 Å². The molecule has 1 saturated carbocycles. The van der Waals surface area contributed by atoms with Gasteiger partial charge in [0.05, 0.1) is 5.60 Å². The van der Waals surface area contributed by atoms with Crippen molar-refractivity contribution < 1.29 is 9.84 Å². The Bertz CT molecular complexity index is 275. The fourth-order valence-corrected chi connectivity index (χ4v) is 4.37. The van der Waals surface area contributed by atoms with Gasteiger partial charge in [-0.15, -0.1) is 0 Å². The third-order valence-corrected chi connectivity index (χ3v) is 5.84. The van der Waals surface area contributed by atoms with Gasteiger partial charge in [0.25, 0.3) is 0 Å². The van der Waals surface area contributed by atoms with Gasteiger partial charge in [-0.1, -0.05) is 0 Å². The summed E-state index contributed by atoms with van der Waals surface area (Å²) in [5.74, 6) is 2.43. The summed E-state index contributed by atoms with van der Waals surface area (Å²) in [5, 5.41) is 13.0. The Morgan fingerprint density at radius 2 is 2.24 bits per heavy atom. The van der Waals surface area contributed by atoms with E-state index in [1.54, 1.807) is 0 Å².